The molecule has 0 atom stereocenters. The van der Waals surface area contributed by atoms with E-state index in [0.29, 0.717) is 17.1 Å². The zero-order chi connectivity index (χ0) is 22.7. The Morgan fingerprint density at radius 2 is 0.677 bits per heavy atom. The number of nitrogens with two attached hydrogens (primary N) is 3. The molecule has 162 valence electrons. The molecule has 0 unspecified atom stereocenters. The van der Waals surface area contributed by atoms with Gasteiger partial charge in [-0.2, -0.15) is 0 Å². The molecule has 31 heavy (non-hydrogen) atoms. The molecule has 0 aliphatic heterocycles. The first-order chi connectivity index (χ1) is 14.1. The van der Waals surface area contributed by atoms with E-state index in [9.17, 15) is 14.4 Å². The number of rotatable bonds is 3. The van der Waals surface area contributed by atoms with Gasteiger partial charge in [-0.1, -0.05) is 36.4 Å². The van der Waals surface area contributed by atoms with Gasteiger partial charge < -0.3 is 32.5 Å². The molecule has 0 amide bonds. The molecule has 0 aliphatic rings. The number of carboxylic acids is 3. The fourth-order valence-corrected chi connectivity index (χ4v) is 2.08. The van der Waals surface area contributed by atoms with Crippen LogP contribution in [0.4, 0.5) is 17.1 Å². The van der Waals surface area contributed by atoms with Crippen molar-refractivity contribution in [2.75, 3.05) is 17.2 Å². The van der Waals surface area contributed by atoms with Gasteiger partial charge in [-0.05, 0) is 36.4 Å². The molecule has 3 aromatic rings. The maximum Gasteiger partial charge on any atom is 0.337 e. The van der Waals surface area contributed by atoms with Crippen LogP contribution in [0.5, 0.6) is 0 Å². The van der Waals surface area contributed by atoms with Crippen molar-refractivity contribution >= 4 is 35.0 Å². The summed E-state index contributed by atoms with van der Waals surface area (Å²) < 4.78 is 0. The van der Waals surface area contributed by atoms with Crippen LogP contribution in [-0.4, -0.2) is 33.2 Å². The van der Waals surface area contributed by atoms with Crippen LogP contribution < -0.4 is 17.2 Å². The Bertz CT molecular complexity index is 911. The van der Waals surface area contributed by atoms with Crippen LogP contribution in [0.15, 0.2) is 72.8 Å². The summed E-state index contributed by atoms with van der Waals surface area (Å²) in [6.45, 7) is 0. The SMILES string of the molecule is Nc1ccccc1C(=O)O.Nc1ccccc1C(=O)O.Nc1ccccc1C(=O)O.[Sm]. The van der Waals surface area contributed by atoms with Crippen molar-refractivity contribution in [2.24, 2.45) is 0 Å². The molecule has 0 fully saturated rings. The molecule has 0 aliphatic carbocycles. The minimum absolute atomic E-state index is 0. The predicted octanol–water partition coefficient (Wildman–Crippen LogP) is 2.90. The molecule has 0 spiro atoms. The van der Waals surface area contributed by atoms with E-state index < -0.39 is 17.9 Å². The van der Waals surface area contributed by atoms with Crippen LogP contribution in [0, 0.1) is 40.4 Å². The second kappa shape index (κ2) is 13.9. The summed E-state index contributed by atoms with van der Waals surface area (Å²) in [5.41, 5.74) is 17.4. The number of para-hydroxylation sites is 3. The number of nitrogen functional groups attached to an aromatic ring is 3. The van der Waals surface area contributed by atoms with Crippen molar-refractivity contribution in [2.45, 2.75) is 0 Å². The van der Waals surface area contributed by atoms with Crippen molar-refractivity contribution < 1.29 is 70.1 Å². The van der Waals surface area contributed by atoms with E-state index in [4.69, 9.17) is 32.5 Å². The largest absolute Gasteiger partial charge is 0.478 e. The summed E-state index contributed by atoms with van der Waals surface area (Å²) in [5.74, 6) is -2.96. The third-order valence-corrected chi connectivity index (χ3v) is 3.57. The zero-order valence-electron chi connectivity index (χ0n) is 16.1. The molecule has 10 heteroatoms. The monoisotopic (exact) mass is 563 g/mol. The average Bonchev–Trinajstić information content (AvgIpc) is 2.69. The maximum atomic E-state index is 10.3. The molecule has 9 N–H and O–H groups in total. The Morgan fingerprint density at radius 3 is 0.806 bits per heavy atom. The van der Waals surface area contributed by atoms with Crippen LogP contribution >= 0.6 is 0 Å². The smallest absolute Gasteiger partial charge is 0.337 e. The second-order valence-corrected chi connectivity index (χ2v) is 5.68. The third-order valence-electron chi connectivity index (χ3n) is 3.57. The molecule has 0 heterocycles. The van der Waals surface area contributed by atoms with Gasteiger partial charge in [0.25, 0.3) is 0 Å². The first kappa shape index (κ1) is 27.8. The van der Waals surface area contributed by atoms with E-state index in [1.807, 2.05) is 0 Å². The number of aromatic carboxylic acids is 3. The number of hydrogen-bond donors (Lipinski definition) is 6. The molecule has 9 nitrogen and oxygen atoms in total. The Labute approximate surface area is 210 Å². The molecular formula is C21H21N3O6Sm. The Balaban J connectivity index is 0.000000429. The van der Waals surface area contributed by atoms with Gasteiger partial charge in [0.1, 0.15) is 0 Å². The van der Waals surface area contributed by atoms with Gasteiger partial charge in [-0.25, -0.2) is 14.4 Å². The normalized spacial score (nSPS) is 8.90. The number of carboxylic acid groups (broad SMARTS) is 3. The fourth-order valence-electron chi connectivity index (χ4n) is 2.08. The maximum absolute atomic E-state index is 10.3. The first-order valence-corrected chi connectivity index (χ1v) is 8.38. The van der Waals surface area contributed by atoms with E-state index in [1.165, 1.54) is 18.2 Å². The van der Waals surface area contributed by atoms with E-state index in [1.54, 1.807) is 54.6 Å². The number of anilines is 3. The Kier molecular flexibility index (Phi) is 12.5. The summed E-state index contributed by atoms with van der Waals surface area (Å²) >= 11 is 0. The summed E-state index contributed by atoms with van der Waals surface area (Å²) in [5, 5.41) is 25.5. The molecule has 0 radical (unpaired) electrons. The van der Waals surface area contributed by atoms with Gasteiger partial charge in [-0.15, -0.1) is 0 Å². The van der Waals surface area contributed by atoms with Crippen molar-refractivity contribution in [1.82, 2.24) is 0 Å². The van der Waals surface area contributed by atoms with Crippen LogP contribution in [-0.2, 0) is 0 Å². The summed E-state index contributed by atoms with van der Waals surface area (Å²) in [6.07, 6.45) is 0. The van der Waals surface area contributed by atoms with E-state index >= 15 is 0 Å². The van der Waals surface area contributed by atoms with Crippen molar-refractivity contribution in [1.29, 1.82) is 0 Å². The first-order valence-electron chi connectivity index (χ1n) is 8.38. The fraction of sp³-hybridized carbons (Fsp3) is 0. The number of benzene rings is 3. The third kappa shape index (κ3) is 9.44. The van der Waals surface area contributed by atoms with Crippen molar-refractivity contribution in [3.63, 3.8) is 0 Å². The molecule has 0 saturated carbocycles. The minimum Gasteiger partial charge on any atom is -0.478 e. The zero-order valence-corrected chi connectivity index (χ0v) is 18.8. The molecular weight excluding hydrogens is 541 g/mol. The van der Waals surface area contributed by atoms with Crippen LogP contribution in [0.2, 0.25) is 0 Å². The quantitative estimate of drug-likeness (QED) is 0.261. The summed E-state index contributed by atoms with van der Waals surface area (Å²) in [6, 6.07) is 19.1. The van der Waals surface area contributed by atoms with E-state index in [-0.39, 0.29) is 57.1 Å². The van der Waals surface area contributed by atoms with Crippen LogP contribution in [0.1, 0.15) is 31.1 Å². The molecule has 0 saturated heterocycles. The van der Waals surface area contributed by atoms with Gasteiger partial charge in [-0.3, -0.25) is 0 Å². The van der Waals surface area contributed by atoms with Crippen molar-refractivity contribution in [3.8, 4) is 0 Å². The molecule has 0 bridgehead atoms. The van der Waals surface area contributed by atoms with Gasteiger partial charge in [0.05, 0.1) is 16.7 Å². The number of hydrogen-bond acceptors (Lipinski definition) is 6. The minimum atomic E-state index is -0.988. The summed E-state index contributed by atoms with van der Waals surface area (Å²) in [4.78, 5) is 31.0. The Morgan fingerprint density at radius 1 is 0.484 bits per heavy atom. The predicted molar refractivity (Wildman–Crippen MR) is 113 cm³/mol. The molecule has 3 aromatic carbocycles. The van der Waals surface area contributed by atoms with Crippen LogP contribution in [0.25, 0.3) is 0 Å². The van der Waals surface area contributed by atoms with E-state index in [0.717, 1.165) is 0 Å². The Hall–Kier alpha value is -3.19. The van der Waals surface area contributed by atoms with Gasteiger partial charge in [0, 0.05) is 57.5 Å². The second-order valence-electron chi connectivity index (χ2n) is 5.68. The van der Waals surface area contributed by atoms with Crippen molar-refractivity contribution in [3.05, 3.63) is 89.5 Å². The topological polar surface area (TPSA) is 190 Å². The van der Waals surface area contributed by atoms with Gasteiger partial charge >= 0.3 is 17.9 Å². The van der Waals surface area contributed by atoms with E-state index in [2.05, 4.69) is 0 Å². The van der Waals surface area contributed by atoms with Gasteiger partial charge in [0.2, 0.25) is 0 Å². The standard InChI is InChI=1S/3C7H7NO2.Sm/c3*8-6-4-2-1-3-5(6)7(9)10;/h3*1-4H,8H2,(H,9,10);. The summed E-state index contributed by atoms with van der Waals surface area (Å²) in [7, 11) is 0. The van der Waals surface area contributed by atoms with Crippen LogP contribution in [0.3, 0.4) is 0 Å². The van der Waals surface area contributed by atoms with Gasteiger partial charge in [0.15, 0.2) is 0 Å². The molecule has 0 aromatic heterocycles. The molecule has 3 rings (SSSR count). The number of carbonyl (C=O) groups is 3. The average molecular weight is 562 g/mol.